The Bertz CT molecular complexity index is 552. The molecule has 0 saturated carbocycles. The van der Waals surface area contributed by atoms with Crippen LogP contribution in [0, 0.1) is 11.3 Å². The van der Waals surface area contributed by atoms with Gasteiger partial charge in [-0.3, -0.25) is 0 Å². The summed E-state index contributed by atoms with van der Waals surface area (Å²) in [5, 5.41) is 8.86. The fourth-order valence-electron chi connectivity index (χ4n) is 2.09. The lowest BCUT2D eigenvalue weighted by Crippen LogP contribution is -2.26. The van der Waals surface area contributed by atoms with E-state index in [-0.39, 0.29) is 18.5 Å². The number of ether oxygens (including phenoxy) is 1. The molecule has 6 heteroatoms. The van der Waals surface area contributed by atoms with Gasteiger partial charge in [0.15, 0.2) is 0 Å². The van der Waals surface area contributed by atoms with Crippen LogP contribution >= 0.6 is 0 Å². The van der Waals surface area contributed by atoms with E-state index in [0.29, 0.717) is 11.3 Å². The Balaban J connectivity index is 2.42. The van der Waals surface area contributed by atoms with Crippen LogP contribution in [-0.4, -0.2) is 32.1 Å². The van der Waals surface area contributed by atoms with Gasteiger partial charge in [0.25, 0.3) is 5.92 Å². The lowest BCUT2D eigenvalue weighted by Gasteiger charge is -2.21. The van der Waals surface area contributed by atoms with Crippen LogP contribution in [0.15, 0.2) is 18.2 Å². The molecule has 1 saturated heterocycles. The predicted octanol–water partition coefficient (Wildman–Crippen LogP) is 2.19. The van der Waals surface area contributed by atoms with Crippen LogP contribution < -0.4 is 4.90 Å². The molecule has 0 aliphatic carbocycles. The third-order valence-corrected chi connectivity index (χ3v) is 3.04. The summed E-state index contributed by atoms with van der Waals surface area (Å²) in [4.78, 5) is 13.0. The van der Waals surface area contributed by atoms with Crippen molar-refractivity contribution in [2.45, 2.75) is 12.3 Å². The number of esters is 1. The van der Waals surface area contributed by atoms with Crippen molar-refractivity contribution in [3.63, 3.8) is 0 Å². The lowest BCUT2D eigenvalue weighted by atomic mass is 10.1. The van der Waals surface area contributed by atoms with E-state index in [1.165, 1.54) is 30.2 Å². The molecule has 0 aromatic heterocycles. The highest BCUT2D eigenvalue weighted by molar-refractivity contribution is 5.96. The van der Waals surface area contributed by atoms with E-state index in [0.717, 1.165) is 0 Å². The molecule has 0 N–H and O–H groups in total. The molecule has 1 aliphatic heterocycles. The van der Waals surface area contributed by atoms with E-state index in [2.05, 4.69) is 4.74 Å². The molecule has 1 aliphatic rings. The normalized spacial score (nSPS) is 17.1. The predicted molar refractivity (Wildman–Crippen MR) is 64.3 cm³/mol. The van der Waals surface area contributed by atoms with Crippen LogP contribution in [0.2, 0.25) is 0 Å². The number of carbonyl (C=O) groups is 1. The van der Waals surface area contributed by atoms with E-state index in [9.17, 15) is 13.6 Å². The van der Waals surface area contributed by atoms with Crippen LogP contribution in [0.3, 0.4) is 0 Å². The maximum Gasteiger partial charge on any atom is 0.339 e. The molecule has 2 rings (SSSR count). The number of benzene rings is 1. The number of carbonyl (C=O) groups excluding carboxylic acids is 1. The quantitative estimate of drug-likeness (QED) is 0.770. The minimum absolute atomic E-state index is 0.145. The van der Waals surface area contributed by atoms with Gasteiger partial charge in [-0.2, -0.15) is 5.26 Å². The summed E-state index contributed by atoms with van der Waals surface area (Å²) in [5.74, 6) is -3.37. The Morgan fingerprint density at radius 2 is 2.26 bits per heavy atom. The summed E-state index contributed by atoms with van der Waals surface area (Å²) in [5.41, 5.74) is 0.833. The van der Waals surface area contributed by atoms with Gasteiger partial charge in [0.05, 0.1) is 36.5 Å². The fourth-order valence-corrected chi connectivity index (χ4v) is 2.09. The highest BCUT2D eigenvalue weighted by Gasteiger charge is 2.39. The molecule has 1 aromatic carbocycles. The first-order valence-electron chi connectivity index (χ1n) is 5.72. The van der Waals surface area contributed by atoms with Crippen molar-refractivity contribution < 1.29 is 18.3 Å². The monoisotopic (exact) mass is 266 g/mol. The standard InChI is InChI=1S/C13H12F2N2O2/c1-19-12(18)10-3-2-9(7-16)6-11(10)17-5-4-13(14,15)8-17/h2-3,6H,4-5,8H2,1H3. The molecule has 0 atom stereocenters. The van der Waals surface area contributed by atoms with E-state index in [1.807, 2.05) is 6.07 Å². The smallest absolute Gasteiger partial charge is 0.339 e. The second-order valence-corrected chi connectivity index (χ2v) is 4.36. The largest absolute Gasteiger partial charge is 0.465 e. The third kappa shape index (κ3) is 2.65. The van der Waals surface area contributed by atoms with Crippen LogP contribution in [0.25, 0.3) is 0 Å². The Morgan fingerprint density at radius 3 is 2.79 bits per heavy atom. The maximum absolute atomic E-state index is 13.3. The van der Waals surface area contributed by atoms with Gasteiger partial charge in [0, 0.05) is 13.0 Å². The summed E-state index contributed by atoms with van der Waals surface area (Å²) in [6.45, 7) is -0.308. The first-order valence-corrected chi connectivity index (χ1v) is 5.72. The van der Waals surface area contributed by atoms with Crippen LogP contribution in [0.5, 0.6) is 0 Å². The highest BCUT2D eigenvalue weighted by Crippen LogP contribution is 2.33. The molecule has 0 spiro atoms. The highest BCUT2D eigenvalue weighted by atomic mass is 19.3. The molecule has 1 fully saturated rings. The van der Waals surface area contributed by atoms with Gasteiger partial charge in [-0.25, -0.2) is 13.6 Å². The average Bonchev–Trinajstić information content (AvgIpc) is 2.77. The van der Waals surface area contributed by atoms with Gasteiger partial charge in [-0.05, 0) is 18.2 Å². The van der Waals surface area contributed by atoms with Gasteiger partial charge >= 0.3 is 5.97 Å². The third-order valence-electron chi connectivity index (χ3n) is 3.04. The van der Waals surface area contributed by atoms with Crippen molar-refractivity contribution in [2.24, 2.45) is 0 Å². The molecule has 0 amide bonds. The first-order chi connectivity index (χ1) is 8.96. The van der Waals surface area contributed by atoms with Gasteiger partial charge in [-0.1, -0.05) is 0 Å². The van der Waals surface area contributed by atoms with Crippen molar-refractivity contribution in [3.05, 3.63) is 29.3 Å². The molecule has 19 heavy (non-hydrogen) atoms. The van der Waals surface area contributed by atoms with Crippen LogP contribution in [0.1, 0.15) is 22.3 Å². The number of anilines is 1. The van der Waals surface area contributed by atoms with Crippen molar-refractivity contribution in [3.8, 4) is 6.07 Å². The minimum atomic E-state index is -2.77. The number of rotatable bonds is 2. The second kappa shape index (κ2) is 4.84. The number of nitriles is 1. The van der Waals surface area contributed by atoms with Gasteiger partial charge in [-0.15, -0.1) is 0 Å². The van der Waals surface area contributed by atoms with Crippen molar-refractivity contribution in [1.29, 1.82) is 5.26 Å². The average molecular weight is 266 g/mol. The number of halogens is 2. The minimum Gasteiger partial charge on any atom is -0.465 e. The summed E-state index contributed by atoms with van der Waals surface area (Å²) >= 11 is 0. The second-order valence-electron chi connectivity index (χ2n) is 4.36. The molecule has 100 valence electrons. The molecular weight excluding hydrogens is 254 g/mol. The number of hydrogen-bond donors (Lipinski definition) is 0. The zero-order valence-corrected chi connectivity index (χ0v) is 10.3. The van der Waals surface area contributed by atoms with Crippen molar-refractivity contribution in [2.75, 3.05) is 25.1 Å². The summed E-state index contributed by atoms with van der Waals surface area (Å²) in [6.07, 6.45) is -0.260. The molecule has 1 heterocycles. The Labute approximate surface area is 109 Å². The number of hydrogen-bond acceptors (Lipinski definition) is 4. The summed E-state index contributed by atoms with van der Waals surface area (Å²) in [7, 11) is 1.23. The van der Waals surface area contributed by atoms with Crippen LogP contribution in [0.4, 0.5) is 14.5 Å². The zero-order chi connectivity index (χ0) is 14.0. The molecule has 0 radical (unpaired) electrons. The van der Waals surface area contributed by atoms with Gasteiger partial charge in [0.1, 0.15) is 0 Å². The summed E-state index contributed by atoms with van der Waals surface area (Å²) in [6, 6.07) is 6.26. The topological polar surface area (TPSA) is 53.3 Å². The van der Waals surface area contributed by atoms with E-state index in [1.54, 1.807) is 0 Å². The molecular formula is C13H12F2N2O2. The Hall–Kier alpha value is -2.16. The van der Waals surface area contributed by atoms with Gasteiger partial charge < -0.3 is 9.64 Å². The van der Waals surface area contributed by atoms with Crippen LogP contribution in [-0.2, 0) is 4.74 Å². The SMILES string of the molecule is COC(=O)c1ccc(C#N)cc1N1CCC(F)(F)C1. The first kappa shape index (κ1) is 13.3. The molecule has 0 unspecified atom stereocenters. The van der Waals surface area contributed by atoms with Crippen molar-refractivity contribution >= 4 is 11.7 Å². The van der Waals surface area contributed by atoms with E-state index >= 15 is 0 Å². The maximum atomic E-state index is 13.3. The number of methoxy groups -OCH3 is 1. The summed E-state index contributed by atoms with van der Waals surface area (Å²) < 4.78 is 31.1. The van der Waals surface area contributed by atoms with Gasteiger partial charge in [0.2, 0.25) is 0 Å². The lowest BCUT2D eigenvalue weighted by molar-refractivity contribution is 0.0256. The zero-order valence-electron chi connectivity index (χ0n) is 10.3. The number of nitrogens with zero attached hydrogens (tertiary/aromatic N) is 2. The van der Waals surface area contributed by atoms with E-state index < -0.39 is 18.4 Å². The number of alkyl halides is 2. The molecule has 1 aromatic rings. The molecule has 4 nitrogen and oxygen atoms in total. The fraction of sp³-hybridized carbons (Fsp3) is 0.385. The molecule has 0 bridgehead atoms. The van der Waals surface area contributed by atoms with Crippen molar-refractivity contribution in [1.82, 2.24) is 0 Å². The Morgan fingerprint density at radius 1 is 1.53 bits per heavy atom. The Kier molecular flexibility index (Phi) is 3.38. The van der Waals surface area contributed by atoms with E-state index in [4.69, 9.17) is 5.26 Å².